The summed E-state index contributed by atoms with van der Waals surface area (Å²) in [5.41, 5.74) is 0.349. The number of aryl methyl sites for hydroxylation is 2. The molecule has 0 saturated heterocycles. The van der Waals surface area contributed by atoms with Crippen molar-refractivity contribution in [2.45, 2.75) is 31.1 Å². The summed E-state index contributed by atoms with van der Waals surface area (Å²) in [6, 6.07) is 10.6. The predicted molar refractivity (Wildman–Crippen MR) is 90.2 cm³/mol. The van der Waals surface area contributed by atoms with Gasteiger partial charge in [0.1, 0.15) is 0 Å². The van der Waals surface area contributed by atoms with Crippen LogP contribution in [-0.4, -0.2) is 20.6 Å². The summed E-state index contributed by atoms with van der Waals surface area (Å²) in [4.78, 5) is 14.7. The second-order valence-corrected chi connectivity index (χ2v) is 8.54. The van der Waals surface area contributed by atoms with E-state index in [9.17, 15) is 13.2 Å². The van der Waals surface area contributed by atoms with Crippen molar-refractivity contribution in [3.63, 3.8) is 0 Å². The number of rotatable bonds is 6. The van der Waals surface area contributed by atoms with E-state index in [1.807, 2.05) is 0 Å². The van der Waals surface area contributed by atoms with Crippen LogP contribution in [0.4, 0.5) is 5.69 Å². The molecule has 1 amide bonds. The third kappa shape index (κ3) is 4.68. The van der Waals surface area contributed by atoms with Gasteiger partial charge in [0, 0.05) is 22.4 Å². The van der Waals surface area contributed by atoms with Crippen LogP contribution in [0.15, 0.2) is 41.3 Å². The number of hydrogen-bond acceptors (Lipinski definition) is 4. The van der Waals surface area contributed by atoms with Gasteiger partial charge in [0.05, 0.1) is 10.6 Å². The minimum Gasteiger partial charge on any atom is -0.325 e. The standard InChI is InChI=1S/C16H19NO3S2/c1-12-10-11-13(21-12)6-5-9-16(18)17-14-7-3-4-8-15(14)22(2,19)20/h3-4,7-8,10-11H,5-6,9H2,1-2H3,(H,17,18). The molecule has 0 aliphatic rings. The fourth-order valence-corrected chi connectivity index (χ4v) is 3.93. The lowest BCUT2D eigenvalue weighted by molar-refractivity contribution is -0.116. The van der Waals surface area contributed by atoms with Crippen molar-refractivity contribution in [2.75, 3.05) is 11.6 Å². The number of nitrogens with one attached hydrogen (secondary N) is 1. The Morgan fingerprint density at radius 1 is 1.18 bits per heavy atom. The number of carbonyl (C=O) groups is 1. The Morgan fingerprint density at radius 2 is 1.91 bits per heavy atom. The largest absolute Gasteiger partial charge is 0.325 e. The van der Waals surface area contributed by atoms with Crippen molar-refractivity contribution < 1.29 is 13.2 Å². The molecule has 6 heteroatoms. The Morgan fingerprint density at radius 3 is 2.55 bits per heavy atom. The zero-order chi connectivity index (χ0) is 16.2. The van der Waals surface area contributed by atoms with Gasteiger partial charge < -0.3 is 5.32 Å². The third-order valence-electron chi connectivity index (χ3n) is 3.18. The SMILES string of the molecule is Cc1ccc(CCCC(=O)Nc2ccccc2S(C)(=O)=O)s1. The number of para-hydroxylation sites is 1. The molecule has 0 saturated carbocycles. The molecule has 0 fully saturated rings. The van der Waals surface area contributed by atoms with Crippen LogP contribution >= 0.6 is 11.3 Å². The van der Waals surface area contributed by atoms with Gasteiger partial charge in [0.25, 0.3) is 0 Å². The van der Waals surface area contributed by atoms with Crippen LogP contribution < -0.4 is 5.32 Å². The number of amides is 1. The van der Waals surface area contributed by atoms with Gasteiger partial charge in [-0.2, -0.15) is 0 Å². The van der Waals surface area contributed by atoms with Gasteiger partial charge in [-0.1, -0.05) is 12.1 Å². The zero-order valence-electron chi connectivity index (χ0n) is 12.6. The van der Waals surface area contributed by atoms with Crippen molar-refractivity contribution in [3.05, 3.63) is 46.2 Å². The van der Waals surface area contributed by atoms with E-state index in [1.165, 1.54) is 15.8 Å². The minimum atomic E-state index is -3.35. The molecule has 0 aliphatic heterocycles. The van der Waals surface area contributed by atoms with E-state index in [2.05, 4.69) is 24.4 Å². The number of benzene rings is 1. The molecule has 2 rings (SSSR count). The number of carbonyl (C=O) groups excluding carboxylic acids is 1. The van der Waals surface area contributed by atoms with E-state index in [-0.39, 0.29) is 10.8 Å². The monoisotopic (exact) mass is 337 g/mol. The van der Waals surface area contributed by atoms with Gasteiger partial charge in [0.15, 0.2) is 9.84 Å². The van der Waals surface area contributed by atoms with Crippen molar-refractivity contribution in [3.8, 4) is 0 Å². The fraction of sp³-hybridized carbons (Fsp3) is 0.312. The molecule has 22 heavy (non-hydrogen) atoms. The molecule has 2 aromatic rings. The summed E-state index contributed by atoms with van der Waals surface area (Å²) in [6.45, 7) is 2.06. The summed E-state index contributed by atoms with van der Waals surface area (Å²) in [5, 5.41) is 2.69. The van der Waals surface area contributed by atoms with Gasteiger partial charge >= 0.3 is 0 Å². The minimum absolute atomic E-state index is 0.150. The Hall–Kier alpha value is -1.66. The molecule has 0 spiro atoms. The highest BCUT2D eigenvalue weighted by Gasteiger charge is 2.14. The summed E-state index contributed by atoms with van der Waals surface area (Å²) in [5.74, 6) is -0.163. The van der Waals surface area contributed by atoms with Crippen molar-refractivity contribution >= 4 is 32.8 Å². The smallest absolute Gasteiger partial charge is 0.224 e. The van der Waals surface area contributed by atoms with E-state index in [1.54, 1.807) is 29.5 Å². The molecule has 0 radical (unpaired) electrons. The molecule has 0 bridgehead atoms. The molecule has 1 aromatic carbocycles. The number of thiophene rings is 1. The lowest BCUT2D eigenvalue weighted by Gasteiger charge is -2.09. The normalized spacial score (nSPS) is 11.4. The molecule has 1 heterocycles. The van der Waals surface area contributed by atoms with E-state index >= 15 is 0 Å². The first-order valence-electron chi connectivity index (χ1n) is 7.00. The first kappa shape index (κ1) is 16.7. The number of hydrogen-bond donors (Lipinski definition) is 1. The maximum Gasteiger partial charge on any atom is 0.224 e. The molecule has 0 aliphatic carbocycles. The second-order valence-electron chi connectivity index (χ2n) is 5.18. The highest BCUT2D eigenvalue weighted by Crippen LogP contribution is 2.21. The second kappa shape index (κ2) is 7.07. The fourth-order valence-electron chi connectivity index (χ4n) is 2.15. The molecular weight excluding hydrogens is 318 g/mol. The summed E-state index contributed by atoms with van der Waals surface area (Å²) in [7, 11) is -3.35. The van der Waals surface area contributed by atoms with Crippen LogP contribution in [-0.2, 0) is 21.1 Å². The third-order valence-corrected chi connectivity index (χ3v) is 5.40. The predicted octanol–water partition coefficient (Wildman–Crippen LogP) is 3.42. The van der Waals surface area contributed by atoms with Gasteiger partial charge in [0.2, 0.25) is 5.91 Å². The van der Waals surface area contributed by atoms with Crippen LogP contribution in [0.1, 0.15) is 22.6 Å². The average molecular weight is 337 g/mol. The van der Waals surface area contributed by atoms with Crippen LogP contribution in [0, 0.1) is 6.92 Å². The topological polar surface area (TPSA) is 63.2 Å². The molecule has 4 nitrogen and oxygen atoms in total. The van der Waals surface area contributed by atoms with E-state index in [0.29, 0.717) is 12.1 Å². The first-order valence-corrected chi connectivity index (χ1v) is 9.71. The zero-order valence-corrected chi connectivity index (χ0v) is 14.3. The lowest BCUT2D eigenvalue weighted by Crippen LogP contribution is -2.14. The van der Waals surface area contributed by atoms with Crippen LogP contribution in [0.3, 0.4) is 0 Å². The van der Waals surface area contributed by atoms with E-state index in [4.69, 9.17) is 0 Å². The lowest BCUT2D eigenvalue weighted by atomic mass is 10.2. The highest BCUT2D eigenvalue weighted by atomic mass is 32.2. The van der Waals surface area contributed by atoms with Crippen LogP contribution in [0.5, 0.6) is 0 Å². The van der Waals surface area contributed by atoms with Crippen molar-refractivity contribution in [2.24, 2.45) is 0 Å². The Bertz CT molecular complexity index is 763. The molecule has 0 unspecified atom stereocenters. The van der Waals surface area contributed by atoms with Crippen molar-refractivity contribution in [1.29, 1.82) is 0 Å². The highest BCUT2D eigenvalue weighted by molar-refractivity contribution is 7.90. The van der Waals surface area contributed by atoms with Gasteiger partial charge in [-0.15, -0.1) is 11.3 Å². The molecule has 118 valence electrons. The molecule has 1 N–H and O–H groups in total. The Kier molecular flexibility index (Phi) is 5.37. The number of sulfone groups is 1. The van der Waals surface area contributed by atoms with Gasteiger partial charge in [-0.05, 0) is 44.0 Å². The summed E-state index contributed by atoms with van der Waals surface area (Å²) >= 11 is 1.74. The van der Waals surface area contributed by atoms with E-state index < -0.39 is 9.84 Å². The molecule has 1 aromatic heterocycles. The van der Waals surface area contributed by atoms with Gasteiger partial charge in [-0.3, -0.25) is 4.79 Å². The average Bonchev–Trinajstić information content (AvgIpc) is 2.84. The van der Waals surface area contributed by atoms with Crippen molar-refractivity contribution in [1.82, 2.24) is 0 Å². The number of anilines is 1. The maximum absolute atomic E-state index is 12.0. The van der Waals surface area contributed by atoms with E-state index in [0.717, 1.165) is 19.1 Å². The molecule has 0 atom stereocenters. The maximum atomic E-state index is 12.0. The first-order chi connectivity index (χ1) is 10.4. The summed E-state index contributed by atoms with van der Waals surface area (Å²) < 4.78 is 23.4. The Balaban J connectivity index is 1.92. The van der Waals surface area contributed by atoms with Gasteiger partial charge in [-0.25, -0.2) is 8.42 Å². The van der Waals surface area contributed by atoms with Crippen LogP contribution in [0.2, 0.25) is 0 Å². The quantitative estimate of drug-likeness (QED) is 0.878. The summed E-state index contributed by atoms with van der Waals surface area (Å²) in [6.07, 6.45) is 3.11. The van der Waals surface area contributed by atoms with Crippen LogP contribution in [0.25, 0.3) is 0 Å². The Labute approximate surface area is 135 Å². The molecular formula is C16H19NO3S2.